The molecule has 0 bridgehead atoms. The topological polar surface area (TPSA) is 50.7 Å². The average molecular weight is 308 g/mol. The van der Waals surface area contributed by atoms with Crippen molar-refractivity contribution in [3.8, 4) is 0 Å². The molecule has 22 heavy (non-hydrogen) atoms. The largest absolute Gasteiger partial charge is 0.444 e. The number of ether oxygens (including phenoxy) is 1. The Morgan fingerprint density at radius 2 is 1.95 bits per heavy atom. The third kappa shape index (κ3) is 8.89. The van der Waals surface area contributed by atoms with Crippen LogP contribution in [-0.2, 0) is 4.74 Å². The number of halogens is 1. The van der Waals surface area contributed by atoms with E-state index in [1.54, 1.807) is 40.7 Å². The van der Waals surface area contributed by atoms with Crippen molar-refractivity contribution in [1.29, 1.82) is 0 Å². The molecule has 0 aromatic carbocycles. The second kappa shape index (κ2) is 8.97. The Morgan fingerprint density at radius 1 is 1.36 bits per heavy atom. The molecule has 0 aromatic rings. The molecule has 1 amide bonds. The average Bonchev–Trinajstić information content (AvgIpc) is 2.39. The maximum absolute atomic E-state index is 14.0. The molecule has 0 aliphatic carbocycles. The summed E-state index contributed by atoms with van der Waals surface area (Å²) in [7, 11) is 0. The molecule has 0 fully saturated rings. The SMILES string of the molecule is C=N/C=C\C(=C)/C(C)=C/C(F)=C(\C)CNC(=O)OC(C)(C)C. The van der Waals surface area contributed by atoms with Crippen molar-refractivity contribution in [3.05, 3.63) is 47.5 Å². The summed E-state index contributed by atoms with van der Waals surface area (Å²) in [5, 5.41) is 2.51. The van der Waals surface area contributed by atoms with E-state index in [1.165, 1.54) is 12.3 Å². The van der Waals surface area contributed by atoms with E-state index >= 15 is 0 Å². The van der Waals surface area contributed by atoms with Crippen LogP contribution in [0.3, 0.4) is 0 Å². The highest BCUT2D eigenvalue weighted by Gasteiger charge is 2.15. The summed E-state index contributed by atoms with van der Waals surface area (Å²) in [5.74, 6) is -0.422. The fraction of sp³-hybridized carbons (Fsp3) is 0.412. The van der Waals surface area contributed by atoms with Gasteiger partial charge < -0.3 is 10.1 Å². The molecular formula is C17H25FN2O2. The van der Waals surface area contributed by atoms with E-state index in [-0.39, 0.29) is 6.54 Å². The van der Waals surface area contributed by atoms with Crippen LogP contribution in [0.1, 0.15) is 34.6 Å². The number of allylic oxidation sites excluding steroid dienone is 5. The van der Waals surface area contributed by atoms with Crippen LogP contribution in [0.2, 0.25) is 0 Å². The van der Waals surface area contributed by atoms with E-state index in [2.05, 4.69) is 23.6 Å². The highest BCUT2D eigenvalue weighted by Crippen LogP contribution is 2.15. The van der Waals surface area contributed by atoms with Crippen LogP contribution in [0.15, 0.2) is 52.5 Å². The molecule has 0 atom stereocenters. The number of nitrogens with zero attached hydrogens (tertiary/aromatic N) is 1. The van der Waals surface area contributed by atoms with Crippen LogP contribution in [0.25, 0.3) is 0 Å². The summed E-state index contributed by atoms with van der Waals surface area (Å²) in [6.45, 7) is 15.8. The summed E-state index contributed by atoms with van der Waals surface area (Å²) >= 11 is 0. The number of aliphatic imine (C=N–C) groups is 1. The van der Waals surface area contributed by atoms with Crippen LogP contribution in [-0.4, -0.2) is 25.0 Å². The van der Waals surface area contributed by atoms with E-state index in [0.29, 0.717) is 16.7 Å². The van der Waals surface area contributed by atoms with Gasteiger partial charge in [-0.1, -0.05) is 6.58 Å². The second-order valence-corrected chi connectivity index (χ2v) is 5.83. The number of hydrogen-bond acceptors (Lipinski definition) is 3. The van der Waals surface area contributed by atoms with Gasteiger partial charge in [0.1, 0.15) is 11.4 Å². The van der Waals surface area contributed by atoms with Crippen molar-refractivity contribution >= 4 is 12.8 Å². The van der Waals surface area contributed by atoms with Crippen LogP contribution in [0.4, 0.5) is 9.18 Å². The molecule has 4 nitrogen and oxygen atoms in total. The minimum atomic E-state index is -0.583. The lowest BCUT2D eigenvalue weighted by atomic mass is 10.1. The molecule has 122 valence electrons. The summed E-state index contributed by atoms with van der Waals surface area (Å²) in [6.07, 6.45) is 3.91. The Labute approximate surface area is 132 Å². The van der Waals surface area contributed by atoms with Crippen molar-refractivity contribution in [2.75, 3.05) is 6.54 Å². The fourth-order valence-corrected chi connectivity index (χ4v) is 1.28. The summed E-state index contributed by atoms with van der Waals surface area (Å²) in [4.78, 5) is 15.1. The van der Waals surface area contributed by atoms with E-state index in [1.807, 2.05) is 0 Å². The van der Waals surface area contributed by atoms with Gasteiger partial charge in [0.15, 0.2) is 0 Å². The first-order valence-electron chi connectivity index (χ1n) is 6.89. The zero-order chi connectivity index (χ0) is 17.3. The highest BCUT2D eigenvalue weighted by molar-refractivity contribution is 5.68. The third-order valence-corrected chi connectivity index (χ3v) is 2.54. The van der Waals surface area contributed by atoms with Gasteiger partial charge in [-0.15, -0.1) is 0 Å². The molecule has 0 saturated heterocycles. The minimum absolute atomic E-state index is 0.0705. The Balaban J connectivity index is 4.73. The van der Waals surface area contributed by atoms with E-state index in [4.69, 9.17) is 4.74 Å². The van der Waals surface area contributed by atoms with Gasteiger partial charge in [0.05, 0.1) is 0 Å². The van der Waals surface area contributed by atoms with E-state index in [9.17, 15) is 9.18 Å². The van der Waals surface area contributed by atoms with Crippen LogP contribution < -0.4 is 5.32 Å². The number of carbonyl (C=O) groups is 1. The van der Waals surface area contributed by atoms with Gasteiger partial charge in [-0.3, -0.25) is 4.99 Å². The van der Waals surface area contributed by atoms with Crippen molar-refractivity contribution < 1.29 is 13.9 Å². The molecule has 0 aromatic heterocycles. The Kier molecular flexibility index (Phi) is 8.09. The molecule has 0 saturated carbocycles. The number of hydrogen-bond donors (Lipinski definition) is 1. The molecular weight excluding hydrogens is 283 g/mol. The van der Waals surface area contributed by atoms with Crippen molar-refractivity contribution in [3.63, 3.8) is 0 Å². The number of amides is 1. The lowest BCUT2D eigenvalue weighted by molar-refractivity contribution is 0.0532. The van der Waals surface area contributed by atoms with Gasteiger partial charge in [0.2, 0.25) is 0 Å². The first-order chi connectivity index (χ1) is 10.1. The van der Waals surface area contributed by atoms with Crippen LogP contribution in [0.5, 0.6) is 0 Å². The standard InChI is InChI=1S/C17H25FN2O2/c1-12(8-9-19-7)13(2)10-15(18)14(3)11-20-16(21)22-17(4,5)6/h8-10H,1,7,11H2,2-6H3,(H,20,21)/b9-8-,13-10+,15-14-. The van der Waals surface area contributed by atoms with Gasteiger partial charge >= 0.3 is 6.09 Å². The number of alkyl carbamates (subject to hydrolysis) is 1. The molecule has 5 heteroatoms. The molecule has 1 N–H and O–H groups in total. The van der Waals surface area contributed by atoms with Gasteiger partial charge in [0, 0.05) is 12.7 Å². The lowest BCUT2D eigenvalue weighted by Crippen LogP contribution is -2.33. The Morgan fingerprint density at radius 3 is 2.45 bits per heavy atom. The molecule has 0 spiro atoms. The molecule has 0 heterocycles. The lowest BCUT2D eigenvalue weighted by Gasteiger charge is -2.19. The second-order valence-electron chi connectivity index (χ2n) is 5.83. The van der Waals surface area contributed by atoms with Gasteiger partial charge in [-0.25, -0.2) is 9.18 Å². The summed E-state index contributed by atoms with van der Waals surface area (Å²) in [6, 6.07) is 0. The van der Waals surface area contributed by atoms with Crippen LogP contribution >= 0.6 is 0 Å². The van der Waals surface area contributed by atoms with E-state index < -0.39 is 17.5 Å². The Bertz CT molecular complexity index is 523. The zero-order valence-electron chi connectivity index (χ0n) is 14.0. The van der Waals surface area contributed by atoms with Gasteiger partial charge in [-0.2, -0.15) is 0 Å². The zero-order valence-corrected chi connectivity index (χ0v) is 14.0. The first kappa shape index (κ1) is 19.8. The van der Waals surface area contributed by atoms with E-state index in [0.717, 1.165) is 0 Å². The number of nitrogens with one attached hydrogen (secondary N) is 1. The Hall–Kier alpha value is -2.17. The van der Waals surface area contributed by atoms with Crippen LogP contribution in [0, 0.1) is 0 Å². The third-order valence-electron chi connectivity index (χ3n) is 2.54. The monoisotopic (exact) mass is 308 g/mol. The molecule has 0 rings (SSSR count). The summed E-state index contributed by atoms with van der Waals surface area (Å²) in [5.41, 5.74) is 1.10. The molecule has 0 unspecified atom stereocenters. The first-order valence-corrected chi connectivity index (χ1v) is 6.89. The van der Waals surface area contributed by atoms with Crippen molar-refractivity contribution in [1.82, 2.24) is 5.32 Å². The molecule has 0 radical (unpaired) electrons. The number of carbonyl (C=O) groups excluding carboxylic acids is 1. The van der Waals surface area contributed by atoms with Gasteiger partial charge in [0.25, 0.3) is 0 Å². The smallest absolute Gasteiger partial charge is 0.407 e. The van der Waals surface area contributed by atoms with Gasteiger partial charge in [-0.05, 0) is 70.2 Å². The minimum Gasteiger partial charge on any atom is -0.444 e. The van der Waals surface area contributed by atoms with Crippen molar-refractivity contribution in [2.24, 2.45) is 4.99 Å². The maximum Gasteiger partial charge on any atom is 0.407 e. The molecule has 0 aliphatic rings. The predicted molar refractivity (Wildman–Crippen MR) is 89.6 cm³/mol. The highest BCUT2D eigenvalue weighted by atomic mass is 19.1. The fourth-order valence-electron chi connectivity index (χ4n) is 1.28. The number of rotatable bonds is 6. The van der Waals surface area contributed by atoms with Crippen molar-refractivity contribution in [2.45, 2.75) is 40.2 Å². The normalized spacial score (nSPS) is 13.6. The molecule has 0 aliphatic heterocycles. The summed E-state index contributed by atoms with van der Waals surface area (Å²) < 4.78 is 19.1. The quantitative estimate of drug-likeness (QED) is 0.581. The maximum atomic E-state index is 14.0. The predicted octanol–water partition coefficient (Wildman–Crippen LogP) is 4.47.